The molecule has 1 aliphatic carbocycles. The molecule has 1 unspecified atom stereocenters. The maximum atomic E-state index is 14.2. The van der Waals surface area contributed by atoms with E-state index in [1.54, 1.807) is 39.2 Å². The summed E-state index contributed by atoms with van der Waals surface area (Å²) in [5.74, 6) is 0.754. The molecule has 2 bridgehead atoms. The van der Waals surface area contributed by atoms with Crippen LogP contribution in [0.1, 0.15) is 55.9 Å². The van der Waals surface area contributed by atoms with Crippen molar-refractivity contribution in [2.75, 3.05) is 19.3 Å². The normalized spacial score (nSPS) is 21.7. The number of anilines is 1. The molecule has 9 heteroatoms. The molecule has 2 heterocycles. The zero-order valence-corrected chi connectivity index (χ0v) is 19.6. The number of nitrogens with one attached hydrogen (secondary N) is 4. The van der Waals surface area contributed by atoms with Crippen LogP contribution >= 0.6 is 0 Å². The molecule has 178 valence electrons. The van der Waals surface area contributed by atoms with E-state index < -0.39 is 11.9 Å². The predicted molar refractivity (Wildman–Crippen MR) is 133 cm³/mol. The van der Waals surface area contributed by atoms with Gasteiger partial charge in [0.15, 0.2) is 11.6 Å². The van der Waals surface area contributed by atoms with Gasteiger partial charge in [0.25, 0.3) is 0 Å². The quantitative estimate of drug-likeness (QED) is 0.337. The Morgan fingerprint density at radius 2 is 2.09 bits per heavy atom. The summed E-state index contributed by atoms with van der Waals surface area (Å²) < 4.78 is 20.4. The number of rotatable bonds is 5. The number of fused-ring (bicyclic) bond motifs is 3. The number of nitrogens with two attached hydrogens (primary N) is 1. The fraction of sp³-hybridized carbons (Fsp3) is 0.360. The van der Waals surface area contributed by atoms with Crippen LogP contribution in [0.3, 0.4) is 0 Å². The molecule has 2 aliphatic rings. The summed E-state index contributed by atoms with van der Waals surface area (Å²) in [4.78, 5) is 4.34. The van der Waals surface area contributed by atoms with Gasteiger partial charge >= 0.3 is 0 Å². The summed E-state index contributed by atoms with van der Waals surface area (Å²) in [6.45, 7) is 4.28. The van der Waals surface area contributed by atoms with E-state index >= 15 is 0 Å². The molecule has 1 saturated carbocycles. The van der Waals surface area contributed by atoms with E-state index in [2.05, 4.69) is 20.8 Å². The van der Waals surface area contributed by atoms with Crippen LogP contribution in [0, 0.1) is 22.6 Å². The predicted octanol–water partition coefficient (Wildman–Crippen LogP) is 4.04. The van der Waals surface area contributed by atoms with Gasteiger partial charge in [-0.25, -0.2) is 9.37 Å². The van der Waals surface area contributed by atoms with E-state index in [0.717, 1.165) is 17.8 Å². The number of hydrazone groups is 1. The summed E-state index contributed by atoms with van der Waals surface area (Å²) >= 11 is 0. The zero-order valence-electron chi connectivity index (χ0n) is 19.6. The number of halogens is 1. The molecular formula is C25H30FN7O. The molecule has 4 rings (SSSR count). The van der Waals surface area contributed by atoms with Crippen molar-refractivity contribution < 1.29 is 9.13 Å². The lowest BCUT2D eigenvalue weighted by Gasteiger charge is -2.24. The number of pyridine rings is 1. The van der Waals surface area contributed by atoms with Gasteiger partial charge in [0.2, 0.25) is 0 Å². The highest BCUT2D eigenvalue weighted by Crippen LogP contribution is 2.34. The molecule has 1 aromatic heterocycles. The van der Waals surface area contributed by atoms with Crippen LogP contribution in [-0.2, 0) is 0 Å². The third kappa shape index (κ3) is 4.93. The number of nitrogens with zero attached hydrogens (tertiary/aromatic N) is 2. The maximum absolute atomic E-state index is 14.2. The highest BCUT2D eigenvalue weighted by Gasteiger charge is 2.26. The lowest BCUT2D eigenvalue weighted by Crippen LogP contribution is -2.26. The maximum Gasteiger partial charge on any atom is 0.166 e. The number of nitrogen functional groups attached to an aromatic ring is 1. The third-order valence-corrected chi connectivity index (χ3v) is 6.09. The fourth-order valence-electron chi connectivity index (χ4n) is 4.04. The van der Waals surface area contributed by atoms with Gasteiger partial charge in [-0.05, 0) is 56.9 Å². The fourth-order valence-corrected chi connectivity index (χ4v) is 4.04. The third-order valence-electron chi connectivity index (χ3n) is 6.09. The Hall–Kier alpha value is -3.75. The molecule has 0 radical (unpaired) electrons. The van der Waals surface area contributed by atoms with E-state index in [0.29, 0.717) is 39.8 Å². The zero-order chi connectivity index (χ0) is 24.4. The Bertz CT molecular complexity index is 1200. The van der Waals surface area contributed by atoms with Crippen molar-refractivity contribution in [3.8, 4) is 5.75 Å². The van der Waals surface area contributed by atoms with Crippen LogP contribution < -0.4 is 21.2 Å². The molecule has 0 spiro atoms. The standard InChI is InChI=1S/C25H30FN7O/c1-13(27)19-10-21(33-30-3)23(28)18-7-6-17(26)9-20(18)14(2)34-22-8-16(12-32-25(22)29)24(19)31-11-15-4-5-15/h6-9,12,14-15,27-28,30-31H,4-5,10-11H2,1-3H3,(H2,29,32)/b24-19-,27-13?,28-23?,33-21-. The minimum atomic E-state index is -0.601. The van der Waals surface area contributed by atoms with Gasteiger partial charge in [-0.3, -0.25) is 5.41 Å². The van der Waals surface area contributed by atoms with Gasteiger partial charge in [0, 0.05) is 59.9 Å². The molecule has 1 aromatic carbocycles. The molecule has 0 saturated heterocycles. The Morgan fingerprint density at radius 3 is 2.76 bits per heavy atom. The van der Waals surface area contributed by atoms with Crippen LogP contribution in [0.4, 0.5) is 10.2 Å². The van der Waals surface area contributed by atoms with Gasteiger partial charge in [0.05, 0.1) is 11.4 Å². The Morgan fingerprint density at radius 1 is 1.32 bits per heavy atom. The average molecular weight is 464 g/mol. The number of aromatic nitrogens is 1. The van der Waals surface area contributed by atoms with Crippen molar-refractivity contribution in [2.24, 2.45) is 11.0 Å². The second-order valence-corrected chi connectivity index (χ2v) is 8.74. The van der Waals surface area contributed by atoms with Gasteiger partial charge in [-0.2, -0.15) is 5.10 Å². The molecule has 1 atom stereocenters. The molecule has 6 N–H and O–H groups in total. The number of benzene rings is 1. The van der Waals surface area contributed by atoms with Crippen LogP contribution in [0.5, 0.6) is 5.75 Å². The van der Waals surface area contributed by atoms with Gasteiger partial charge in [0.1, 0.15) is 11.9 Å². The van der Waals surface area contributed by atoms with Gasteiger partial charge in [-0.15, -0.1) is 0 Å². The van der Waals surface area contributed by atoms with E-state index in [1.807, 2.05) is 0 Å². The van der Waals surface area contributed by atoms with Crippen LogP contribution in [0.15, 0.2) is 41.1 Å². The Kier molecular flexibility index (Phi) is 6.63. The molecule has 8 nitrogen and oxygen atoms in total. The summed E-state index contributed by atoms with van der Waals surface area (Å²) in [5, 5.41) is 25.4. The number of ether oxygens (including phenoxy) is 1. The first-order chi connectivity index (χ1) is 16.3. The minimum absolute atomic E-state index is 0.135. The van der Waals surface area contributed by atoms with Crippen molar-refractivity contribution in [3.63, 3.8) is 0 Å². The first-order valence-electron chi connectivity index (χ1n) is 11.4. The SMILES string of the molecule is CN/N=C1/C/C(C(C)=N)=C(/NCC2CC2)c2cnc(N)c(c2)OC(C)c2cc(F)ccc2C1=N. The molecule has 1 fully saturated rings. The van der Waals surface area contributed by atoms with Crippen molar-refractivity contribution in [1.29, 1.82) is 10.8 Å². The number of hydrogen-bond donors (Lipinski definition) is 5. The summed E-state index contributed by atoms with van der Waals surface area (Å²) in [6.07, 6.45) is 3.64. The minimum Gasteiger partial charge on any atom is -0.482 e. The van der Waals surface area contributed by atoms with E-state index in [1.165, 1.54) is 25.0 Å². The van der Waals surface area contributed by atoms with Crippen molar-refractivity contribution in [1.82, 2.24) is 15.7 Å². The van der Waals surface area contributed by atoms with Crippen LogP contribution in [0.25, 0.3) is 5.70 Å². The summed E-state index contributed by atoms with van der Waals surface area (Å²) in [5.41, 5.74) is 13.0. The highest BCUT2D eigenvalue weighted by molar-refractivity contribution is 6.48. The van der Waals surface area contributed by atoms with E-state index in [9.17, 15) is 4.39 Å². The monoisotopic (exact) mass is 463 g/mol. The van der Waals surface area contributed by atoms with E-state index in [4.69, 9.17) is 21.3 Å². The topological polar surface area (TPSA) is 132 Å². The first-order valence-corrected chi connectivity index (χ1v) is 11.4. The van der Waals surface area contributed by atoms with Gasteiger partial charge in [-0.1, -0.05) is 0 Å². The molecule has 2 aromatic rings. The smallest absolute Gasteiger partial charge is 0.166 e. The molecule has 1 aliphatic heterocycles. The van der Waals surface area contributed by atoms with Crippen molar-refractivity contribution in [2.45, 2.75) is 39.2 Å². The highest BCUT2D eigenvalue weighted by atomic mass is 19.1. The number of hydrogen-bond acceptors (Lipinski definition) is 8. The molecule has 34 heavy (non-hydrogen) atoms. The summed E-state index contributed by atoms with van der Waals surface area (Å²) in [6, 6.07) is 6.05. The Labute approximate surface area is 198 Å². The molecule has 0 amide bonds. The second-order valence-electron chi connectivity index (χ2n) is 8.74. The van der Waals surface area contributed by atoms with Crippen LogP contribution in [-0.4, -0.2) is 35.7 Å². The average Bonchev–Trinajstić information content (AvgIpc) is 3.63. The van der Waals surface area contributed by atoms with Gasteiger partial charge < -0.3 is 26.6 Å². The molecular weight excluding hydrogens is 433 g/mol. The lowest BCUT2D eigenvalue weighted by atomic mass is 9.91. The second kappa shape index (κ2) is 9.62. The van der Waals surface area contributed by atoms with Crippen molar-refractivity contribution >= 4 is 28.6 Å². The van der Waals surface area contributed by atoms with E-state index in [-0.39, 0.29) is 18.0 Å². The number of allylic oxidation sites excluding steroid dienone is 1. The summed E-state index contributed by atoms with van der Waals surface area (Å²) in [7, 11) is 1.66. The first kappa shape index (κ1) is 23.4. The largest absolute Gasteiger partial charge is 0.482 e. The van der Waals surface area contributed by atoms with Crippen molar-refractivity contribution in [3.05, 3.63) is 58.5 Å². The Balaban J connectivity index is 1.95. The lowest BCUT2D eigenvalue weighted by molar-refractivity contribution is 0.227. The van der Waals surface area contributed by atoms with Crippen LogP contribution in [0.2, 0.25) is 0 Å².